The Kier molecular flexibility index (Phi) is 7.42. The molecule has 0 spiro atoms. The number of pyridine rings is 1. The molecule has 3 aromatic rings. The third kappa shape index (κ3) is 4.87. The van der Waals surface area contributed by atoms with Crippen LogP contribution >= 0.6 is 0 Å². The average molecular weight is 620 g/mol. The summed E-state index contributed by atoms with van der Waals surface area (Å²) in [5, 5.41) is 5.74. The number of allylic oxidation sites excluding steroid dienone is 16. The van der Waals surface area contributed by atoms with Crippen LogP contribution in [0.4, 0.5) is 0 Å². The van der Waals surface area contributed by atoms with Crippen LogP contribution in [-0.2, 0) is 0 Å². The van der Waals surface area contributed by atoms with E-state index in [1.54, 1.807) is 11.1 Å². The van der Waals surface area contributed by atoms with Crippen molar-refractivity contribution < 1.29 is 0 Å². The lowest BCUT2D eigenvalue weighted by atomic mass is 9.67. The van der Waals surface area contributed by atoms with E-state index < -0.39 is 0 Å². The summed E-state index contributed by atoms with van der Waals surface area (Å²) >= 11 is 0. The summed E-state index contributed by atoms with van der Waals surface area (Å²) in [6.45, 7) is 2.31. The van der Waals surface area contributed by atoms with Crippen LogP contribution in [-0.4, -0.2) is 4.98 Å². The number of aromatic nitrogens is 1. The van der Waals surface area contributed by atoms with Gasteiger partial charge in [-0.15, -0.1) is 0 Å². The van der Waals surface area contributed by atoms with Gasteiger partial charge in [-0.2, -0.15) is 0 Å². The van der Waals surface area contributed by atoms with Gasteiger partial charge in [-0.1, -0.05) is 146 Å². The first kappa shape index (κ1) is 29.2. The van der Waals surface area contributed by atoms with Crippen molar-refractivity contribution in [2.45, 2.75) is 39.0 Å². The van der Waals surface area contributed by atoms with Crippen LogP contribution < -0.4 is 20.9 Å². The predicted octanol–water partition coefficient (Wildman–Crippen LogP) is 8.08. The minimum absolute atomic E-state index is 0.328. The molecule has 0 saturated heterocycles. The van der Waals surface area contributed by atoms with E-state index in [4.69, 9.17) is 4.98 Å². The molecule has 6 aliphatic carbocycles. The van der Waals surface area contributed by atoms with Crippen molar-refractivity contribution in [1.29, 1.82) is 0 Å². The lowest BCUT2D eigenvalue weighted by molar-refractivity contribution is 0.662. The highest BCUT2D eigenvalue weighted by Gasteiger charge is 2.34. The fourth-order valence-electron chi connectivity index (χ4n) is 9.08. The van der Waals surface area contributed by atoms with Crippen LogP contribution in [0.5, 0.6) is 0 Å². The minimum atomic E-state index is 0.328. The Morgan fingerprint density at radius 3 is 2.04 bits per heavy atom. The van der Waals surface area contributed by atoms with E-state index in [9.17, 15) is 0 Å². The van der Waals surface area contributed by atoms with E-state index in [1.165, 1.54) is 54.3 Å². The second kappa shape index (κ2) is 12.2. The molecule has 1 heterocycles. The van der Waals surface area contributed by atoms with E-state index in [-0.39, 0.29) is 0 Å². The van der Waals surface area contributed by atoms with Gasteiger partial charge in [-0.3, -0.25) is 4.98 Å². The number of hydrogen-bond acceptors (Lipinski definition) is 1. The number of fused-ring (bicyclic) bond motifs is 4. The molecular formula is C47H41N. The maximum absolute atomic E-state index is 4.93. The fourth-order valence-corrected chi connectivity index (χ4v) is 9.08. The number of benzene rings is 2. The van der Waals surface area contributed by atoms with Crippen LogP contribution in [0, 0.1) is 23.7 Å². The van der Waals surface area contributed by atoms with Crippen LogP contribution in [0.15, 0.2) is 151 Å². The fraction of sp³-hybridized carbons (Fsp3) is 0.213. The second-order valence-electron chi connectivity index (χ2n) is 13.9. The van der Waals surface area contributed by atoms with Crippen LogP contribution in [0.1, 0.15) is 50.3 Å². The summed E-state index contributed by atoms with van der Waals surface area (Å²) < 4.78 is 0. The first-order chi connectivity index (χ1) is 23.8. The zero-order valence-electron chi connectivity index (χ0n) is 27.6. The highest BCUT2D eigenvalue weighted by atomic mass is 14.7. The zero-order valence-corrected chi connectivity index (χ0v) is 27.6. The lowest BCUT2D eigenvalue weighted by Crippen LogP contribution is -2.43. The van der Waals surface area contributed by atoms with Gasteiger partial charge in [0, 0.05) is 35.4 Å². The topological polar surface area (TPSA) is 12.9 Å². The standard InChI is InChI=1S/C47H41N/c1-2-31-27-28-44(39-15-6-5-14-37(31)39)46-42-18-9-7-16-40(42)45(41-17-8-10-19-43(41)46)34-24-22-33(23-25-34)38-20-11-29-48-47(38)36-26-21-32-12-3-4-13-35(32)30-36/h3-22,24,26,29-30,32,35,40,42H,2,23,25,27-28H2,1H3. The predicted molar refractivity (Wildman–Crippen MR) is 202 cm³/mol. The highest BCUT2D eigenvalue weighted by molar-refractivity contribution is 5.95. The quantitative estimate of drug-likeness (QED) is 0.282. The first-order valence-corrected chi connectivity index (χ1v) is 17.9. The van der Waals surface area contributed by atoms with E-state index in [1.807, 2.05) is 6.20 Å². The molecule has 0 aliphatic heterocycles. The molecule has 48 heavy (non-hydrogen) atoms. The summed E-state index contributed by atoms with van der Waals surface area (Å²) in [6, 6.07) is 22.8. The molecule has 1 aromatic heterocycles. The summed E-state index contributed by atoms with van der Waals surface area (Å²) in [5.41, 5.74) is 12.6. The van der Waals surface area contributed by atoms with Gasteiger partial charge in [0.1, 0.15) is 0 Å². The molecule has 0 fully saturated rings. The zero-order chi connectivity index (χ0) is 32.0. The molecule has 6 aliphatic rings. The largest absolute Gasteiger partial charge is 0.256 e. The maximum atomic E-state index is 4.93. The molecule has 0 bridgehead atoms. The summed E-state index contributed by atoms with van der Waals surface area (Å²) in [6.07, 6.45) is 37.6. The van der Waals surface area contributed by atoms with Crippen LogP contribution in [0.3, 0.4) is 0 Å². The molecule has 0 amide bonds. The third-order valence-corrected chi connectivity index (χ3v) is 11.4. The summed E-state index contributed by atoms with van der Waals surface area (Å²) in [5.74, 6) is 1.51. The van der Waals surface area contributed by atoms with E-state index >= 15 is 0 Å². The molecule has 2 aromatic carbocycles. The highest BCUT2D eigenvalue weighted by Crippen LogP contribution is 2.44. The van der Waals surface area contributed by atoms with Gasteiger partial charge in [-0.25, -0.2) is 0 Å². The van der Waals surface area contributed by atoms with E-state index in [0.29, 0.717) is 23.7 Å². The van der Waals surface area contributed by atoms with Gasteiger partial charge in [0.05, 0.1) is 5.69 Å². The number of rotatable bonds is 5. The van der Waals surface area contributed by atoms with Gasteiger partial charge in [-0.05, 0) is 92.5 Å². The molecule has 9 rings (SSSR count). The van der Waals surface area contributed by atoms with E-state index in [0.717, 1.165) is 37.8 Å². The SMILES string of the molecule is CCC1=c2ccccc2=C(C2=c3ccccc3=C(C3=CC=C(c4cccnc4C4=CC5C=CC=CC5C=C4)CC3)C3C=CC=CC23)CC1. The normalized spacial score (nSPS) is 25.1. The molecule has 1 nitrogen and oxygen atoms in total. The molecular weight excluding hydrogens is 579 g/mol. The summed E-state index contributed by atoms with van der Waals surface area (Å²) in [4.78, 5) is 4.93. The van der Waals surface area contributed by atoms with Crippen LogP contribution in [0.25, 0.3) is 33.4 Å². The van der Waals surface area contributed by atoms with Crippen molar-refractivity contribution in [2.24, 2.45) is 23.7 Å². The Balaban J connectivity index is 1.19. The van der Waals surface area contributed by atoms with Gasteiger partial charge in [0.25, 0.3) is 0 Å². The van der Waals surface area contributed by atoms with Crippen LogP contribution in [0.2, 0.25) is 0 Å². The Morgan fingerprint density at radius 1 is 0.604 bits per heavy atom. The van der Waals surface area contributed by atoms with Crippen molar-refractivity contribution in [3.63, 3.8) is 0 Å². The van der Waals surface area contributed by atoms with Crippen molar-refractivity contribution in [3.05, 3.63) is 184 Å². The molecule has 4 atom stereocenters. The Hall–Kier alpha value is -5.01. The monoisotopic (exact) mass is 619 g/mol. The van der Waals surface area contributed by atoms with Gasteiger partial charge in [0.15, 0.2) is 0 Å². The molecule has 4 unspecified atom stereocenters. The first-order valence-electron chi connectivity index (χ1n) is 17.9. The Morgan fingerprint density at radius 2 is 1.27 bits per heavy atom. The maximum Gasteiger partial charge on any atom is 0.0773 e. The Labute approximate surface area is 283 Å². The van der Waals surface area contributed by atoms with Crippen molar-refractivity contribution in [1.82, 2.24) is 4.98 Å². The van der Waals surface area contributed by atoms with Gasteiger partial charge in [0.2, 0.25) is 0 Å². The van der Waals surface area contributed by atoms with E-state index in [2.05, 4.69) is 147 Å². The lowest BCUT2D eigenvalue weighted by Gasteiger charge is -2.36. The van der Waals surface area contributed by atoms with Gasteiger partial charge >= 0.3 is 0 Å². The van der Waals surface area contributed by atoms with Crippen molar-refractivity contribution in [3.8, 4) is 0 Å². The number of hydrogen-bond donors (Lipinski definition) is 0. The van der Waals surface area contributed by atoms with Crippen molar-refractivity contribution in [2.75, 3.05) is 0 Å². The average Bonchev–Trinajstić information content (AvgIpc) is 3.16. The molecule has 0 radical (unpaired) electrons. The molecule has 234 valence electrons. The Bertz CT molecular complexity index is 2340. The second-order valence-corrected chi connectivity index (χ2v) is 13.9. The third-order valence-electron chi connectivity index (χ3n) is 11.4. The van der Waals surface area contributed by atoms with Gasteiger partial charge < -0.3 is 0 Å². The smallest absolute Gasteiger partial charge is 0.0773 e. The van der Waals surface area contributed by atoms with Crippen molar-refractivity contribution >= 4 is 33.4 Å². The minimum Gasteiger partial charge on any atom is -0.256 e. The molecule has 1 heteroatoms. The summed E-state index contributed by atoms with van der Waals surface area (Å²) in [7, 11) is 0. The molecule has 0 N–H and O–H groups in total. The number of nitrogens with zero attached hydrogens (tertiary/aromatic N) is 1. The molecule has 0 saturated carbocycles.